The van der Waals surface area contributed by atoms with E-state index < -0.39 is 0 Å². The van der Waals surface area contributed by atoms with Crippen LogP contribution in [0.25, 0.3) is 0 Å². The summed E-state index contributed by atoms with van der Waals surface area (Å²) in [5.74, 6) is 2.65. The summed E-state index contributed by atoms with van der Waals surface area (Å²) in [5, 5.41) is 3.55. The number of nitrogens with one attached hydrogen (secondary N) is 1. The Morgan fingerprint density at radius 2 is 1.95 bits per heavy atom. The van der Waals surface area contributed by atoms with Crippen LogP contribution >= 0.6 is 0 Å². The first-order valence-corrected chi connectivity index (χ1v) is 7.93. The van der Waals surface area contributed by atoms with Crippen molar-refractivity contribution in [2.24, 2.45) is 17.8 Å². The van der Waals surface area contributed by atoms with Crippen molar-refractivity contribution in [3.05, 3.63) is 30.1 Å². The molecule has 19 heavy (non-hydrogen) atoms. The van der Waals surface area contributed by atoms with Gasteiger partial charge in [0, 0.05) is 12.4 Å². The van der Waals surface area contributed by atoms with Crippen molar-refractivity contribution in [1.82, 2.24) is 10.3 Å². The van der Waals surface area contributed by atoms with Crippen LogP contribution in [-0.2, 0) is 6.42 Å². The zero-order chi connectivity index (χ0) is 13.5. The third kappa shape index (κ3) is 4.31. The highest BCUT2D eigenvalue weighted by Gasteiger charge is 2.29. The van der Waals surface area contributed by atoms with Crippen LogP contribution in [0.1, 0.15) is 45.1 Å². The maximum Gasteiger partial charge on any atom is 0.0270 e. The molecule has 0 radical (unpaired) electrons. The topological polar surface area (TPSA) is 24.9 Å². The summed E-state index contributed by atoms with van der Waals surface area (Å²) >= 11 is 0. The molecule has 1 aliphatic rings. The average molecular weight is 260 g/mol. The number of aromatic nitrogens is 1. The van der Waals surface area contributed by atoms with Gasteiger partial charge in [0.2, 0.25) is 0 Å². The molecule has 0 bridgehead atoms. The fourth-order valence-corrected chi connectivity index (χ4v) is 3.46. The van der Waals surface area contributed by atoms with Gasteiger partial charge in [-0.05, 0) is 67.8 Å². The zero-order valence-corrected chi connectivity index (χ0v) is 12.4. The second kappa shape index (κ2) is 7.64. The molecular formula is C17H28N2. The summed E-state index contributed by atoms with van der Waals surface area (Å²) in [7, 11) is 0. The van der Waals surface area contributed by atoms with E-state index in [0.717, 1.165) is 24.3 Å². The molecule has 1 heterocycles. The van der Waals surface area contributed by atoms with Crippen molar-refractivity contribution in [2.75, 3.05) is 13.1 Å². The summed E-state index contributed by atoms with van der Waals surface area (Å²) < 4.78 is 0. The Morgan fingerprint density at radius 3 is 2.63 bits per heavy atom. The fourth-order valence-electron chi connectivity index (χ4n) is 3.46. The molecule has 0 aromatic carbocycles. The number of hydrogen-bond donors (Lipinski definition) is 1. The molecule has 1 saturated carbocycles. The number of nitrogens with zero attached hydrogens (tertiary/aromatic N) is 1. The zero-order valence-electron chi connectivity index (χ0n) is 12.4. The molecule has 1 N–H and O–H groups in total. The highest BCUT2D eigenvalue weighted by atomic mass is 14.8. The first-order chi connectivity index (χ1) is 9.33. The van der Waals surface area contributed by atoms with Crippen molar-refractivity contribution in [2.45, 2.75) is 46.0 Å². The SMILES string of the molecule is CCNCC1CCC(CC)CC1Cc1ccncc1. The lowest BCUT2D eigenvalue weighted by Crippen LogP contribution is -2.34. The largest absolute Gasteiger partial charge is 0.317 e. The van der Waals surface area contributed by atoms with Gasteiger partial charge in [-0.3, -0.25) is 4.98 Å². The normalized spacial score (nSPS) is 27.4. The first-order valence-electron chi connectivity index (χ1n) is 7.93. The minimum atomic E-state index is 0.847. The van der Waals surface area contributed by atoms with E-state index >= 15 is 0 Å². The van der Waals surface area contributed by atoms with Crippen LogP contribution in [0.2, 0.25) is 0 Å². The highest BCUT2D eigenvalue weighted by molar-refractivity contribution is 5.11. The van der Waals surface area contributed by atoms with Gasteiger partial charge in [0.05, 0.1) is 0 Å². The molecule has 2 rings (SSSR count). The molecule has 106 valence electrons. The van der Waals surface area contributed by atoms with E-state index in [9.17, 15) is 0 Å². The smallest absolute Gasteiger partial charge is 0.0270 e. The van der Waals surface area contributed by atoms with Crippen molar-refractivity contribution < 1.29 is 0 Å². The molecule has 1 fully saturated rings. The lowest BCUT2D eigenvalue weighted by molar-refractivity contribution is 0.172. The molecule has 1 aliphatic carbocycles. The van der Waals surface area contributed by atoms with Gasteiger partial charge in [-0.2, -0.15) is 0 Å². The third-order valence-electron chi connectivity index (χ3n) is 4.73. The van der Waals surface area contributed by atoms with Gasteiger partial charge < -0.3 is 5.32 Å². The maximum absolute atomic E-state index is 4.13. The van der Waals surface area contributed by atoms with Gasteiger partial charge in [-0.25, -0.2) is 0 Å². The van der Waals surface area contributed by atoms with Gasteiger partial charge in [0.15, 0.2) is 0 Å². The van der Waals surface area contributed by atoms with Crippen LogP contribution in [0.15, 0.2) is 24.5 Å². The summed E-state index contributed by atoms with van der Waals surface area (Å²) in [6.07, 6.45) is 10.7. The van der Waals surface area contributed by atoms with Crippen molar-refractivity contribution >= 4 is 0 Å². The molecule has 2 heteroatoms. The van der Waals surface area contributed by atoms with E-state index in [2.05, 4.69) is 36.3 Å². The standard InChI is InChI=1S/C17H28N2/c1-3-14-5-6-16(13-18-4-2)17(11-14)12-15-7-9-19-10-8-15/h7-10,14,16-18H,3-6,11-13H2,1-2H3. The van der Waals surface area contributed by atoms with Crippen molar-refractivity contribution in [1.29, 1.82) is 0 Å². The van der Waals surface area contributed by atoms with E-state index in [1.807, 2.05) is 12.4 Å². The summed E-state index contributed by atoms with van der Waals surface area (Å²) in [6, 6.07) is 4.36. The van der Waals surface area contributed by atoms with E-state index in [1.54, 1.807) is 0 Å². The number of rotatable bonds is 6. The van der Waals surface area contributed by atoms with Crippen LogP contribution in [0.3, 0.4) is 0 Å². The summed E-state index contributed by atoms with van der Waals surface area (Å²) in [5.41, 5.74) is 1.46. The quantitative estimate of drug-likeness (QED) is 0.844. The van der Waals surface area contributed by atoms with Gasteiger partial charge in [0.1, 0.15) is 0 Å². The van der Waals surface area contributed by atoms with E-state index in [-0.39, 0.29) is 0 Å². The average Bonchev–Trinajstić information content (AvgIpc) is 2.47. The van der Waals surface area contributed by atoms with Crippen molar-refractivity contribution in [3.8, 4) is 0 Å². The first kappa shape index (κ1) is 14.5. The predicted molar refractivity (Wildman–Crippen MR) is 81.1 cm³/mol. The Morgan fingerprint density at radius 1 is 1.16 bits per heavy atom. The Bertz CT molecular complexity index is 350. The predicted octanol–water partition coefficient (Wildman–Crippen LogP) is 3.68. The molecule has 3 atom stereocenters. The van der Waals surface area contributed by atoms with Crippen LogP contribution in [-0.4, -0.2) is 18.1 Å². The Hall–Kier alpha value is -0.890. The highest BCUT2D eigenvalue weighted by Crippen LogP contribution is 2.37. The maximum atomic E-state index is 4.13. The molecule has 0 aliphatic heterocycles. The summed E-state index contributed by atoms with van der Waals surface area (Å²) in [4.78, 5) is 4.13. The van der Waals surface area contributed by atoms with Gasteiger partial charge in [-0.1, -0.05) is 26.7 Å². The van der Waals surface area contributed by atoms with Crippen LogP contribution in [0.5, 0.6) is 0 Å². The molecule has 0 amide bonds. The van der Waals surface area contributed by atoms with Crippen LogP contribution in [0, 0.1) is 17.8 Å². The minimum absolute atomic E-state index is 0.847. The second-order valence-electron chi connectivity index (χ2n) is 5.97. The van der Waals surface area contributed by atoms with E-state index in [1.165, 1.54) is 44.2 Å². The Balaban J connectivity index is 1.98. The molecule has 1 aromatic rings. The molecular weight excluding hydrogens is 232 g/mol. The minimum Gasteiger partial charge on any atom is -0.317 e. The molecule has 2 nitrogen and oxygen atoms in total. The fraction of sp³-hybridized carbons (Fsp3) is 0.706. The van der Waals surface area contributed by atoms with Gasteiger partial charge in [0.25, 0.3) is 0 Å². The Kier molecular flexibility index (Phi) is 5.84. The number of hydrogen-bond acceptors (Lipinski definition) is 2. The lowest BCUT2D eigenvalue weighted by Gasteiger charge is -2.36. The number of pyridine rings is 1. The van der Waals surface area contributed by atoms with Crippen LogP contribution < -0.4 is 5.32 Å². The second-order valence-corrected chi connectivity index (χ2v) is 5.97. The van der Waals surface area contributed by atoms with Crippen molar-refractivity contribution in [3.63, 3.8) is 0 Å². The van der Waals surface area contributed by atoms with E-state index in [0.29, 0.717) is 0 Å². The van der Waals surface area contributed by atoms with Crippen LogP contribution in [0.4, 0.5) is 0 Å². The summed E-state index contributed by atoms with van der Waals surface area (Å²) in [6.45, 7) is 6.84. The van der Waals surface area contributed by atoms with E-state index in [4.69, 9.17) is 0 Å². The van der Waals surface area contributed by atoms with Gasteiger partial charge >= 0.3 is 0 Å². The lowest BCUT2D eigenvalue weighted by atomic mass is 9.71. The molecule has 1 aromatic heterocycles. The molecule has 0 spiro atoms. The Labute approximate surface area is 118 Å². The molecule has 3 unspecified atom stereocenters. The third-order valence-corrected chi connectivity index (χ3v) is 4.73. The monoisotopic (exact) mass is 260 g/mol. The van der Waals surface area contributed by atoms with Gasteiger partial charge in [-0.15, -0.1) is 0 Å². The molecule has 0 saturated heterocycles.